The van der Waals surface area contributed by atoms with Crippen LogP contribution in [0.25, 0.3) is 0 Å². The van der Waals surface area contributed by atoms with E-state index in [1.165, 1.54) is 5.56 Å². The Labute approximate surface area is 108 Å². The van der Waals surface area contributed by atoms with Gasteiger partial charge in [-0.15, -0.1) is 0 Å². The zero-order valence-electron chi connectivity index (χ0n) is 10.2. The van der Waals surface area contributed by atoms with Gasteiger partial charge in [-0.2, -0.15) is 12.6 Å². The minimum absolute atomic E-state index is 0.348. The van der Waals surface area contributed by atoms with Crippen LogP contribution in [0.4, 0.5) is 0 Å². The molecule has 17 heavy (non-hydrogen) atoms. The SMILES string of the molecule is CN(CCCS)CCc1ccc2c(c1)OCO2. The molecule has 1 aliphatic rings. The maximum atomic E-state index is 5.36. The molecule has 2 rings (SSSR count). The molecule has 3 nitrogen and oxygen atoms in total. The highest BCUT2D eigenvalue weighted by molar-refractivity contribution is 7.80. The van der Waals surface area contributed by atoms with Crippen LogP contribution in [0.3, 0.4) is 0 Å². The summed E-state index contributed by atoms with van der Waals surface area (Å²) in [6.07, 6.45) is 2.18. The lowest BCUT2D eigenvalue weighted by Crippen LogP contribution is -2.22. The van der Waals surface area contributed by atoms with Crippen molar-refractivity contribution in [2.24, 2.45) is 0 Å². The molecule has 94 valence electrons. The minimum Gasteiger partial charge on any atom is -0.454 e. The van der Waals surface area contributed by atoms with Crippen LogP contribution in [0.15, 0.2) is 18.2 Å². The van der Waals surface area contributed by atoms with Crippen molar-refractivity contribution >= 4 is 12.6 Å². The largest absolute Gasteiger partial charge is 0.454 e. The van der Waals surface area contributed by atoms with E-state index in [2.05, 4.69) is 36.7 Å². The highest BCUT2D eigenvalue weighted by Crippen LogP contribution is 2.32. The van der Waals surface area contributed by atoms with Gasteiger partial charge in [0, 0.05) is 6.54 Å². The van der Waals surface area contributed by atoms with Gasteiger partial charge in [-0.25, -0.2) is 0 Å². The zero-order chi connectivity index (χ0) is 12.1. The average molecular weight is 253 g/mol. The van der Waals surface area contributed by atoms with E-state index in [4.69, 9.17) is 9.47 Å². The molecule has 0 unspecified atom stereocenters. The van der Waals surface area contributed by atoms with Gasteiger partial charge >= 0.3 is 0 Å². The third-order valence-electron chi connectivity index (χ3n) is 2.92. The van der Waals surface area contributed by atoms with Gasteiger partial charge in [0.15, 0.2) is 11.5 Å². The number of fused-ring (bicyclic) bond motifs is 1. The van der Waals surface area contributed by atoms with Crippen LogP contribution in [0.1, 0.15) is 12.0 Å². The Kier molecular flexibility index (Phi) is 4.57. The van der Waals surface area contributed by atoms with Crippen LogP contribution in [-0.4, -0.2) is 37.6 Å². The molecule has 0 saturated carbocycles. The molecule has 0 fully saturated rings. The lowest BCUT2D eigenvalue weighted by atomic mass is 10.1. The van der Waals surface area contributed by atoms with E-state index in [0.717, 1.165) is 43.2 Å². The van der Waals surface area contributed by atoms with Gasteiger partial charge in [0.2, 0.25) is 6.79 Å². The van der Waals surface area contributed by atoms with E-state index in [0.29, 0.717) is 6.79 Å². The van der Waals surface area contributed by atoms with Crippen molar-refractivity contribution in [2.75, 3.05) is 32.7 Å². The minimum atomic E-state index is 0.348. The van der Waals surface area contributed by atoms with E-state index in [1.54, 1.807) is 0 Å². The summed E-state index contributed by atoms with van der Waals surface area (Å²) < 4.78 is 10.7. The van der Waals surface area contributed by atoms with E-state index in [1.807, 2.05) is 6.07 Å². The normalized spacial score (nSPS) is 13.4. The lowest BCUT2D eigenvalue weighted by molar-refractivity contribution is 0.174. The molecular weight excluding hydrogens is 234 g/mol. The van der Waals surface area contributed by atoms with Crippen LogP contribution in [0, 0.1) is 0 Å². The Morgan fingerprint density at radius 2 is 2.06 bits per heavy atom. The molecule has 1 heterocycles. The monoisotopic (exact) mass is 253 g/mol. The number of rotatable bonds is 6. The quantitative estimate of drug-likeness (QED) is 0.786. The van der Waals surface area contributed by atoms with Crippen LogP contribution in [0.5, 0.6) is 11.5 Å². The van der Waals surface area contributed by atoms with Crippen molar-refractivity contribution in [3.63, 3.8) is 0 Å². The summed E-state index contributed by atoms with van der Waals surface area (Å²) in [5.41, 5.74) is 1.30. The van der Waals surface area contributed by atoms with E-state index >= 15 is 0 Å². The summed E-state index contributed by atoms with van der Waals surface area (Å²) in [7, 11) is 2.15. The van der Waals surface area contributed by atoms with Crippen molar-refractivity contribution < 1.29 is 9.47 Å². The number of likely N-dealkylation sites (N-methyl/N-ethyl adjacent to an activating group) is 1. The second-order valence-corrected chi connectivity index (χ2v) is 4.77. The molecule has 0 bridgehead atoms. The molecule has 0 aliphatic carbocycles. The number of benzene rings is 1. The summed E-state index contributed by atoms with van der Waals surface area (Å²) in [4.78, 5) is 2.33. The van der Waals surface area contributed by atoms with Gasteiger partial charge in [0.05, 0.1) is 0 Å². The maximum Gasteiger partial charge on any atom is 0.231 e. The van der Waals surface area contributed by atoms with Gasteiger partial charge in [-0.3, -0.25) is 0 Å². The number of thiol groups is 1. The Bertz CT molecular complexity index is 370. The Morgan fingerprint density at radius 1 is 1.24 bits per heavy atom. The first-order chi connectivity index (χ1) is 8.29. The van der Waals surface area contributed by atoms with Crippen LogP contribution in [-0.2, 0) is 6.42 Å². The molecule has 1 aromatic rings. The predicted octanol–water partition coefficient (Wildman–Crippen LogP) is 2.21. The molecule has 4 heteroatoms. The number of nitrogens with zero attached hydrogens (tertiary/aromatic N) is 1. The summed E-state index contributed by atoms with van der Waals surface area (Å²) in [6.45, 7) is 2.52. The van der Waals surface area contributed by atoms with Crippen molar-refractivity contribution in [2.45, 2.75) is 12.8 Å². The summed E-state index contributed by atoms with van der Waals surface area (Å²) in [5.74, 6) is 2.69. The van der Waals surface area contributed by atoms with E-state index in [9.17, 15) is 0 Å². The summed E-state index contributed by atoms with van der Waals surface area (Å²) >= 11 is 4.22. The third-order valence-corrected chi connectivity index (χ3v) is 3.23. The number of hydrogen-bond acceptors (Lipinski definition) is 4. The molecule has 0 amide bonds. The molecule has 1 aromatic carbocycles. The van der Waals surface area contributed by atoms with Crippen molar-refractivity contribution in [1.82, 2.24) is 4.90 Å². The lowest BCUT2D eigenvalue weighted by Gasteiger charge is -2.15. The molecule has 0 spiro atoms. The highest BCUT2D eigenvalue weighted by atomic mass is 32.1. The fourth-order valence-electron chi connectivity index (χ4n) is 1.87. The molecule has 0 atom stereocenters. The van der Waals surface area contributed by atoms with Gasteiger partial charge in [0.1, 0.15) is 0 Å². The zero-order valence-corrected chi connectivity index (χ0v) is 11.1. The first-order valence-electron chi connectivity index (χ1n) is 5.97. The highest BCUT2D eigenvalue weighted by Gasteiger charge is 2.13. The fourth-order valence-corrected chi connectivity index (χ4v) is 2.01. The predicted molar refractivity (Wildman–Crippen MR) is 72.2 cm³/mol. The Balaban J connectivity index is 1.83. The topological polar surface area (TPSA) is 21.7 Å². The average Bonchev–Trinajstić information content (AvgIpc) is 2.81. The fraction of sp³-hybridized carbons (Fsp3) is 0.538. The molecular formula is C13H19NO2S. The van der Waals surface area contributed by atoms with Crippen LogP contribution >= 0.6 is 12.6 Å². The van der Waals surface area contributed by atoms with Crippen molar-refractivity contribution in [3.05, 3.63) is 23.8 Å². The summed E-state index contributed by atoms with van der Waals surface area (Å²) in [6, 6.07) is 6.18. The van der Waals surface area contributed by atoms with Gasteiger partial charge in [-0.1, -0.05) is 6.07 Å². The maximum absolute atomic E-state index is 5.36. The molecule has 0 aromatic heterocycles. The second-order valence-electron chi connectivity index (χ2n) is 4.32. The van der Waals surface area contributed by atoms with Crippen LogP contribution < -0.4 is 9.47 Å². The van der Waals surface area contributed by atoms with E-state index in [-0.39, 0.29) is 0 Å². The van der Waals surface area contributed by atoms with Gasteiger partial charge in [-0.05, 0) is 49.9 Å². The molecule has 1 aliphatic heterocycles. The Hall–Kier alpha value is -0.870. The molecule has 0 saturated heterocycles. The van der Waals surface area contributed by atoms with E-state index < -0.39 is 0 Å². The first-order valence-corrected chi connectivity index (χ1v) is 6.61. The standard InChI is InChI=1S/C13H19NO2S/c1-14(6-2-8-17)7-5-11-3-4-12-13(9-11)16-10-15-12/h3-4,9,17H,2,5-8,10H2,1H3. The molecule has 0 radical (unpaired) electrons. The number of hydrogen-bond donors (Lipinski definition) is 1. The first kappa shape index (κ1) is 12.6. The third kappa shape index (κ3) is 3.54. The smallest absolute Gasteiger partial charge is 0.231 e. The molecule has 0 N–H and O–H groups in total. The number of ether oxygens (including phenoxy) is 2. The van der Waals surface area contributed by atoms with Crippen LogP contribution in [0.2, 0.25) is 0 Å². The van der Waals surface area contributed by atoms with Gasteiger partial charge in [0.25, 0.3) is 0 Å². The second kappa shape index (κ2) is 6.17. The summed E-state index contributed by atoms with van der Waals surface area (Å²) in [5, 5.41) is 0. The van der Waals surface area contributed by atoms with Crippen molar-refractivity contribution in [3.8, 4) is 11.5 Å². The van der Waals surface area contributed by atoms with Gasteiger partial charge < -0.3 is 14.4 Å². The Morgan fingerprint density at radius 3 is 2.88 bits per heavy atom. The van der Waals surface area contributed by atoms with Crippen molar-refractivity contribution in [1.29, 1.82) is 0 Å².